The molecule has 0 saturated heterocycles. The van der Waals surface area contributed by atoms with E-state index >= 15 is 0 Å². The summed E-state index contributed by atoms with van der Waals surface area (Å²) in [6.45, 7) is 3.58. The van der Waals surface area contributed by atoms with Crippen LogP contribution in [0, 0.1) is 0 Å². The van der Waals surface area contributed by atoms with Crippen molar-refractivity contribution in [1.29, 1.82) is 0 Å². The maximum atomic E-state index is 10.4. The van der Waals surface area contributed by atoms with E-state index in [-0.39, 0.29) is 18.6 Å². The maximum Gasteiger partial charge on any atom is 0.320 e. The van der Waals surface area contributed by atoms with Crippen LogP contribution in [0.1, 0.15) is 6.42 Å². The summed E-state index contributed by atoms with van der Waals surface area (Å²) in [6, 6.07) is 0. The number of ether oxygens (including phenoxy) is 1. The van der Waals surface area contributed by atoms with E-state index in [1.165, 1.54) is 0 Å². The Morgan fingerprint density at radius 1 is 2.00 bits per heavy atom. The monoisotopic (exact) mass is 127 g/mol. The van der Waals surface area contributed by atoms with E-state index in [1.54, 1.807) is 0 Å². The normalized spacial score (nSPS) is 23.7. The van der Waals surface area contributed by atoms with Gasteiger partial charge in [-0.3, -0.25) is 4.79 Å². The molecule has 0 unspecified atom stereocenters. The van der Waals surface area contributed by atoms with Crippen LogP contribution in [0.4, 0.5) is 0 Å². The van der Waals surface area contributed by atoms with Gasteiger partial charge in [0, 0.05) is 6.42 Å². The molecule has 1 fully saturated rings. The number of esters is 1. The molecule has 3 nitrogen and oxygen atoms in total. The molecule has 0 spiro atoms. The van der Waals surface area contributed by atoms with Crippen LogP contribution in [-0.4, -0.2) is 18.6 Å². The van der Waals surface area contributed by atoms with Crippen molar-refractivity contribution in [3.63, 3.8) is 0 Å². The Labute approximate surface area is 53.5 Å². The van der Waals surface area contributed by atoms with Crippen molar-refractivity contribution in [2.24, 2.45) is 5.73 Å². The van der Waals surface area contributed by atoms with Crippen molar-refractivity contribution in [2.75, 3.05) is 6.54 Å². The van der Waals surface area contributed by atoms with E-state index in [4.69, 9.17) is 10.5 Å². The highest BCUT2D eigenvalue weighted by Crippen LogP contribution is 2.30. The molecule has 0 aromatic heterocycles. The minimum atomic E-state index is -0.348. The molecule has 0 radical (unpaired) electrons. The van der Waals surface area contributed by atoms with Crippen molar-refractivity contribution >= 4 is 5.97 Å². The Balaban J connectivity index is 2.19. The summed E-state index contributed by atoms with van der Waals surface area (Å²) in [5, 5.41) is 0. The second-order valence-electron chi connectivity index (χ2n) is 2.04. The van der Waals surface area contributed by atoms with Gasteiger partial charge in [-0.2, -0.15) is 0 Å². The molecule has 3 heteroatoms. The fourth-order valence-electron chi connectivity index (χ4n) is 0.511. The smallest absolute Gasteiger partial charge is 0.320 e. The fraction of sp³-hybridized carbons (Fsp3) is 0.500. The predicted octanol–water partition coefficient (Wildman–Crippen LogP) is -0.183. The Morgan fingerprint density at radius 3 is 2.89 bits per heavy atom. The number of carbonyl (C=O) groups is 1. The molecular formula is C6H9NO2. The third-order valence-corrected chi connectivity index (χ3v) is 1.18. The summed E-state index contributed by atoms with van der Waals surface area (Å²) in [7, 11) is 0. The number of hydrogen-bond donors (Lipinski definition) is 1. The lowest BCUT2D eigenvalue weighted by molar-refractivity contribution is -0.142. The van der Waals surface area contributed by atoms with Gasteiger partial charge in [0.15, 0.2) is 0 Å². The lowest BCUT2D eigenvalue weighted by Gasteiger charge is -1.96. The van der Waals surface area contributed by atoms with Gasteiger partial charge in [-0.25, -0.2) is 0 Å². The molecule has 0 heterocycles. The average molecular weight is 127 g/mol. The largest absolute Gasteiger partial charge is 0.457 e. The van der Waals surface area contributed by atoms with E-state index in [9.17, 15) is 4.79 Å². The first-order valence-corrected chi connectivity index (χ1v) is 2.81. The zero-order valence-electron chi connectivity index (χ0n) is 5.09. The van der Waals surface area contributed by atoms with Crippen LogP contribution in [0.15, 0.2) is 12.2 Å². The molecule has 9 heavy (non-hydrogen) atoms. The minimum Gasteiger partial charge on any atom is -0.457 e. The van der Waals surface area contributed by atoms with Crippen molar-refractivity contribution in [1.82, 2.24) is 0 Å². The third kappa shape index (κ3) is 1.54. The highest BCUT2D eigenvalue weighted by atomic mass is 16.5. The second-order valence-corrected chi connectivity index (χ2v) is 2.04. The number of nitrogens with two attached hydrogens (primary N) is 1. The molecule has 1 atom stereocenters. The van der Waals surface area contributed by atoms with E-state index < -0.39 is 0 Å². The molecule has 0 amide bonds. The summed E-state index contributed by atoms with van der Waals surface area (Å²) in [5.74, 6) is -0.348. The van der Waals surface area contributed by atoms with Gasteiger partial charge in [0.25, 0.3) is 0 Å². The molecule has 1 aliphatic rings. The van der Waals surface area contributed by atoms with E-state index in [0.717, 1.165) is 12.0 Å². The fourth-order valence-corrected chi connectivity index (χ4v) is 0.511. The standard InChI is InChI=1S/C6H9NO2/c1-4-2-5(4)9-6(8)3-7/h5H,1-3,7H2/t5-/m1/s1. The van der Waals surface area contributed by atoms with Gasteiger partial charge < -0.3 is 10.5 Å². The zero-order valence-corrected chi connectivity index (χ0v) is 5.09. The van der Waals surface area contributed by atoms with E-state index in [1.807, 2.05) is 0 Å². The Kier molecular flexibility index (Phi) is 1.53. The summed E-state index contributed by atoms with van der Waals surface area (Å²) in [6.07, 6.45) is 0.784. The first-order chi connectivity index (χ1) is 4.24. The SMILES string of the molecule is C=C1C[C@H]1OC(=O)CN. The van der Waals surface area contributed by atoms with Gasteiger partial charge in [0.05, 0.1) is 6.54 Å². The second kappa shape index (κ2) is 2.19. The highest BCUT2D eigenvalue weighted by Gasteiger charge is 2.30. The average Bonchev–Trinajstić information content (AvgIpc) is 2.47. The topological polar surface area (TPSA) is 52.3 Å². The first kappa shape index (κ1) is 6.29. The van der Waals surface area contributed by atoms with Gasteiger partial charge in [-0.05, 0) is 5.57 Å². The quantitative estimate of drug-likeness (QED) is 0.413. The first-order valence-electron chi connectivity index (χ1n) is 2.81. The van der Waals surface area contributed by atoms with Crippen LogP contribution in [-0.2, 0) is 9.53 Å². The van der Waals surface area contributed by atoms with Crippen LogP contribution in [0.2, 0.25) is 0 Å². The molecule has 1 aliphatic carbocycles. The summed E-state index contributed by atoms with van der Waals surface area (Å²) >= 11 is 0. The van der Waals surface area contributed by atoms with Gasteiger partial charge in [0.1, 0.15) is 6.10 Å². The summed E-state index contributed by atoms with van der Waals surface area (Å²) in [5.41, 5.74) is 5.97. The number of rotatable bonds is 2. The van der Waals surface area contributed by atoms with Gasteiger partial charge in [-0.1, -0.05) is 6.58 Å². The summed E-state index contributed by atoms with van der Waals surface area (Å²) in [4.78, 5) is 10.4. The Hall–Kier alpha value is -0.830. The Morgan fingerprint density at radius 2 is 2.56 bits per heavy atom. The highest BCUT2D eigenvalue weighted by molar-refractivity contribution is 5.72. The Bertz CT molecular complexity index is 153. The van der Waals surface area contributed by atoms with E-state index in [0.29, 0.717) is 0 Å². The van der Waals surface area contributed by atoms with Crippen molar-refractivity contribution < 1.29 is 9.53 Å². The van der Waals surface area contributed by atoms with Crippen LogP contribution in [0.3, 0.4) is 0 Å². The van der Waals surface area contributed by atoms with Crippen molar-refractivity contribution in [3.05, 3.63) is 12.2 Å². The molecule has 1 rings (SSSR count). The lowest BCUT2D eigenvalue weighted by atomic mass is 10.6. The molecular weight excluding hydrogens is 118 g/mol. The van der Waals surface area contributed by atoms with Crippen LogP contribution < -0.4 is 5.73 Å². The van der Waals surface area contributed by atoms with Gasteiger partial charge >= 0.3 is 5.97 Å². The molecule has 2 N–H and O–H groups in total. The van der Waals surface area contributed by atoms with Crippen LogP contribution in [0.25, 0.3) is 0 Å². The van der Waals surface area contributed by atoms with Crippen LogP contribution in [0.5, 0.6) is 0 Å². The third-order valence-electron chi connectivity index (χ3n) is 1.18. The minimum absolute atomic E-state index is 0.0268. The van der Waals surface area contributed by atoms with E-state index in [2.05, 4.69) is 6.58 Å². The predicted molar refractivity (Wildman–Crippen MR) is 32.7 cm³/mol. The molecule has 50 valence electrons. The molecule has 1 saturated carbocycles. The van der Waals surface area contributed by atoms with Crippen molar-refractivity contribution in [3.8, 4) is 0 Å². The number of carbonyl (C=O) groups excluding carboxylic acids is 1. The summed E-state index contributed by atoms with van der Waals surface area (Å²) < 4.78 is 4.76. The van der Waals surface area contributed by atoms with Crippen molar-refractivity contribution in [2.45, 2.75) is 12.5 Å². The maximum absolute atomic E-state index is 10.4. The molecule has 0 aromatic rings. The molecule has 0 bridgehead atoms. The number of hydrogen-bond acceptors (Lipinski definition) is 3. The molecule has 0 aliphatic heterocycles. The lowest BCUT2D eigenvalue weighted by Crippen LogP contribution is -2.17. The van der Waals surface area contributed by atoms with Gasteiger partial charge in [-0.15, -0.1) is 0 Å². The zero-order chi connectivity index (χ0) is 6.85. The van der Waals surface area contributed by atoms with Crippen LogP contribution >= 0.6 is 0 Å². The molecule has 0 aromatic carbocycles. The van der Waals surface area contributed by atoms with Gasteiger partial charge in [0.2, 0.25) is 0 Å².